The highest BCUT2D eigenvalue weighted by Gasteiger charge is 2.46. The summed E-state index contributed by atoms with van der Waals surface area (Å²) in [5.41, 5.74) is 1.79. The third-order valence-electron chi connectivity index (χ3n) is 8.39. The number of nitrogens with zero attached hydrogens (tertiary/aromatic N) is 2. The van der Waals surface area contributed by atoms with E-state index in [1.54, 1.807) is 13.1 Å². The lowest BCUT2D eigenvalue weighted by molar-refractivity contribution is -0.0943. The molecule has 2 fully saturated rings. The van der Waals surface area contributed by atoms with E-state index in [4.69, 9.17) is 9.47 Å². The molecule has 1 N–H and O–H groups in total. The van der Waals surface area contributed by atoms with Crippen LogP contribution >= 0.6 is 0 Å². The van der Waals surface area contributed by atoms with Gasteiger partial charge in [-0.2, -0.15) is 0 Å². The molecule has 7 nitrogen and oxygen atoms in total. The van der Waals surface area contributed by atoms with Crippen LogP contribution in [0, 0.1) is 6.92 Å². The summed E-state index contributed by atoms with van der Waals surface area (Å²) in [6.45, 7) is 4.47. The van der Waals surface area contributed by atoms with Crippen molar-refractivity contribution < 1.29 is 9.47 Å². The van der Waals surface area contributed by atoms with Crippen LogP contribution in [-0.4, -0.2) is 46.3 Å². The summed E-state index contributed by atoms with van der Waals surface area (Å²) < 4.78 is 15.6. The van der Waals surface area contributed by atoms with Gasteiger partial charge in [0, 0.05) is 24.7 Å². The van der Waals surface area contributed by atoms with Crippen molar-refractivity contribution in [1.29, 1.82) is 0 Å². The lowest BCUT2D eigenvalue weighted by Gasteiger charge is -2.40. The largest absolute Gasteiger partial charge is 0.355 e. The fraction of sp³-hybridized carbons (Fsp3) is 0.353. The topological polar surface area (TPSA) is 76.6 Å². The number of nitrogens with one attached hydrogen (secondary N) is 1. The van der Waals surface area contributed by atoms with E-state index in [1.165, 1.54) is 23.8 Å². The van der Waals surface area contributed by atoms with Gasteiger partial charge >= 0.3 is 5.69 Å². The molecule has 4 aromatic rings. The number of benzene rings is 3. The molecule has 0 amide bonds. The van der Waals surface area contributed by atoms with Gasteiger partial charge in [-0.3, -0.25) is 14.3 Å². The molecule has 3 atom stereocenters. The van der Waals surface area contributed by atoms with Crippen LogP contribution < -0.4 is 11.2 Å². The van der Waals surface area contributed by atoms with Crippen LogP contribution in [0.15, 0.2) is 107 Å². The van der Waals surface area contributed by atoms with E-state index < -0.39 is 17.5 Å². The normalized spacial score (nSPS) is 21.6. The number of aromatic nitrogens is 2. The molecule has 0 aliphatic carbocycles. The zero-order valence-electron chi connectivity index (χ0n) is 23.4. The van der Waals surface area contributed by atoms with Gasteiger partial charge in [0.25, 0.3) is 5.56 Å². The molecule has 1 aromatic heterocycles. The molecule has 2 aliphatic rings. The van der Waals surface area contributed by atoms with Crippen molar-refractivity contribution in [3.63, 3.8) is 0 Å². The van der Waals surface area contributed by atoms with E-state index in [0.717, 1.165) is 29.8 Å². The fourth-order valence-electron chi connectivity index (χ4n) is 6.31. The van der Waals surface area contributed by atoms with Gasteiger partial charge in [-0.15, -0.1) is 0 Å². The minimum atomic E-state index is -0.904. The highest BCUT2D eigenvalue weighted by Crippen LogP contribution is 2.44. The summed E-state index contributed by atoms with van der Waals surface area (Å²) >= 11 is 0. The van der Waals surface area contributed by atoms with E-state index in [2.05, 4.69) is 46.3 Å². The predicted octanol–water partition coefficient (Wildman–Crippen LogP) is 5.00. The molecule has 0 bridgehead atoms. The highest BCUT2D eigenvalue weighted by atomic mass is 16.6. The first-order valence-electron chi connectivity index (χ1n) is 14.6. The molecule has 3 heterocycles. The lowest BCUT2D eigenvalue weighted by atomic mass is 9.79. The predicted molar refractivity (Wildman–Crippen MR) is 159 cm³/mol. The monoisotopic (exact) mass is 551 g/mol. The van der Waals surface area contributed by atoms with Crippen molar-refractivity contribution in [3.05, 3.63) is 140 Å². The minimum absolute atomic E-state index is 0.271. The smallest absolute Gasteiger partial charge is 0.330 e. The van der Waals surface area contributed by atoms with Crippen molar-refractivity contribution in [3.8, 4) is 0 Å². The molecular formula is C34H37N3O4. The Morgan fingerprint density at radius 2 is 1.37 bits per heavy atom. The Morgan fingerprint density at radius 3 is 1.90 bits per heavy atom. The van der Waals surface area contributed by atoms with Crippen LogP contribution in [0.1, 0.15) is 54.2 Å². The van der Waals surface area contributed by atoms with Crippen molar-refractivity contribution >= 4 is 0 Å². The van der Waals surface area contributed by atoms with Crippen molar-refractivity contribution in [2.45, 2.75) is 56.6 Å². The third-order valence-corrected chi connectivity index (χ3v) is 8.39. The molecule has 3 aromatic carbocycles. The first-order valence-corrected chi connectivity index (χ1v) is 14.6. The Labute approximate surface area is 240 Å². The van der Waals surface area contributed by atoms with Crippen molar-refractivity contribution in [2.24, 2.45) is 0 Å². The van der Waals surface area contributed by atoms with Gasteiger partial charge in [0.2, 0.25) is 0 Å². The first-order chi connectivity index (χ1) is 20.0. The number of hydrogen-bond acceptors (Lipinski definition) is 5. The Kier molecular flexibility index (Phi) is 8.01. The Hall–Kier alpha value is -3.78. The molecular weight excluding hydrogens is 514 g/mol. The van der Waals surface area contributed by atoms with E-state index >= 15 is 0 Å². The molecule has 212 valence electrons. The quantitative estimate of drug-likeness (QED) is 0.312. The summed E-state index contributed by atoms with van der Waals surface area (Å²) in [4.78, 5) is 29.9. The number of aromatic amines is 1. The van der Waals surface area contributed by atoms with Crippen LogP contribution in [0.3, 0.4) is 0 Å². The Bertz CT molecular complexity index is 1450. The van der Waals surface area contributed by atoms with Crippen LogP contribution in [0.25, 0.3) is 0 Å². The van der Waals surface area contributed by atoms with E-state index in [9.17, 15) is 9.59 Å². The van der Waals surface area contributed by atoms with Gasteiger partial charge < -0.3 is 14.4 Å². The van der Waals surface area contributed by atoms with Gasteiger partial charge in [-0.25, -0.2) is 4.79 Å². The maximum atomic E-state index is 12.9. The summed E-state index contributed by atoms with van der Waals surface area (Å²) in [6.07, 6.45) is 4.50. The van der Waals surface area contributed by atoms with Gasteiger partial charge in [-0.1, -0.05) is 97.4 Å². The number of ether oxygens (including phenoxy) is 2. The van der Waals surface area contributed by atoms with Crippen LogP contribution in [-0.2, 0) is 15.1 Å². The van der Waals surface area contributed by atoms with E-state index in [-0.39, 0.29) is 17.8 Å². The average molecular weight is 552 g/mol. The highest BCUT2D eigenvalue weighted by molar-refractivity contribution is 5.47. The van der Waals surface area contributed by atoms with Gasteiger partial charge in [0.1, 0.15) is 11.8 Å². The summed E-state index contributed by atoms with van der Waals surface area (Å²) in [5.74, 6) is 0. The first kappa shape index (κ1) is 27.4. The molecule has 0 radical (unpaired) electrons. The Balaban J connectivity index is 1.45. The third kappa shape index (κ3) is 5.58. The fourth-order valence-corrected chi connectivity index (χ4v) is 6.31. The van der Waals surface area contributed by atoms with Crippen molar-refractivity contribution in [1.82, 2.24) is 14.5 Å². The number of H-pyrrole nitrogens is 1. The van der Waals surface area contributed by atoms with Crippen LogP contribution in [0.2, 0.25) is 0 Å². The summed E-state index contributed by atoms with van der Waals surface area (Å²) in [7, 11) is 0. The summed E-state index contributed by atoms with van der Waals surface area (Å²) in [5, 5.41) is 0. The average Bonchev–Trinajstić information content (AvgIpc) is 3.41. The SMILES string of the molecule is Cc1cn([C@H]2C[C@H](OC(c3ccccc3)(c3ccccc3)c3ccccc3)[C@@H](CN3CCCCC3)O2)c(=O)[nH]c1=O. The number of hydrogen-bond donors (Lipinski definition) is 1. The second-order valence-electron chi connectivity index (χ2n) is 11.1. The van der Waals surface area contributed by atoms with E-state index in [0.29, 0.717) is 18.5 Å². The van der Waals surface area contributed by atoms with Gasteiger partial charge in [0.05, 0.1) is 12.2 Å². The molecule has 0 spiro atoms. The Morgan fingerprint density at radius 1 is 0.829 bits per heavy atom. The maximum absolute atomic E-state index is 12.9. The zero-order chi connectivity index (χ0) is 28.2. The molecule has 0 unspecified atom stereocenters. The molecule has 2 saturated heterocycles. The number of aryl methyl sites for hydroxylation is 1. The number of rotatable bonds is 8. The van der Waals surface area contributed by atoms with Gasteiger partial charge in [0.15, 0.2) is 0 Å². The van der Waals surface area contributed by atoms with Crippen LogP contribution in [0.4, 0.5) is 0 Å². The molecule has 6 rings (SSSR count). The molecule has 0 saturated carbocycles. The molecule has 7 heteroatoms. The summed E-state index contributed by atoms with van der Waals surface area (Å²) in [6, 6.07) is 31.0. The van der Waals surface area contributed by atoms with E-state index in [1.807, 2.05) is 54.6 Å². The zero-order valence-corrected chi connectivity index (χ0v) is 23.4. The number of likely N-dealkylation sites (tertiary alicyclic amines) is 1. The van der Waals surface area contributed by atoms with Crippen LogP contribution in [0.5, 0.6) is 0 Å². The molecule has 41 heavy (non-hydrogen) atoms. The standard InChI is InChI=1S/C34H37N3O4/c1-25-23-37(33(39)35-32(25)38)31-22-29(30(40-31)24-36-20-12-5-13-21-36)41-34(26-14-6-2-7-15-26,27-16-8-3-9-17-27)28-18-10-4-11-19-28/h2-4,6-11,14-19,23,29-31H,5,12-13,20-22,24H2,1H3,(H,35,38,39)/t29-,30+,31+/m0/s1. The molecule has 2 aliphatic heterocycles. The maximum Gasteiger partial charge on any atom is 0.330 e. The minimum Gasteiger partial charge on any atom is -0.355 e. The van der Waals surface area contributed by atoms with Crippen molar-refractivity contribution in [2.75, 3.05) is 19.6 Å². The number of piperidine rings is 1. The second kappa shape index (κ2) is 12.0. The van der Waals surface area contributed by atoms with Gasteiger partial charge in [-0.05, 0) is 49.5 Å². The second-order valence-corrected chi connectivity index (χ2v) is 11.1. The lowest BCUT2D eigenvalue weighted by Crippen LogP contribution is -2.45.